The lowest BCUT2D eigenvalue weighted by atomic mass is 9.93. The van der Waals surface area contributed by atoms with Gasteiger partial charge >= 0.3 is 12.0 Å². The van der Waals surface area contributed by atoms with Gasteiger partial charge in [-0.15, -0.1) is 0 Å². The summed E-state index contributed by atoms with van der Waals surface area (Å²) in [5.74, 6) is 0.669. The number of nitrogens with one attached hydrogen (secondary N) is 2. The van der Waals surface area contributed by atoms with Gasteiger partial charge in [0.25, 0.3) is 0 Å². The zero-order valence-electron chi connectivity index (χ0n) is 19.8. The van der Waals surface area contributed by atoms with E-state index in [-0.39, 0.29) is 18.0 Å². The van der Waals surface area contributed by atoms with Gasteiger partial charge in [0.1, 0.15) is 0 Å². The van der Waals surface area contributed by atoms with Crippen molar-refractivity contribution in [2.45, 2.75) is 39.2 Å². The highest BCUT2D eigenvalue weighted by molar-refractivity contribution is 8.13. The predicted octanol–water partition coefficient (Wildman–Crippen LogP) is 5.58. The number of allylic oxidation sites excluding steroid dienone is 1. The SMILES string of the molecule is CCC1=C(C(=O)OC)[C@@H](c2ccc(NC(=O)Nc3ccc(CC)cc3)cc2)N2CCCSC2=N1. The van der Waals surface area contributed by atoms with Gasteiger partial charge in [-0.1, -0.05) is 49.9 Å². The van der Waals surface area contributed by atoms with Gasteiger partial charge < -0.3 is 20.3 Å². The lowest BCUT2D eigenvalue weighted by Gasteiger charge is -2.40. The molecule has 0 radical (unpaired) electrons. The Labute approximate surface area is 204 Å². The number of methoxy groups -OCH3 is 1. The van der Waals surface area contributed by atoms with E-state index in [0.717, 1.165) is 47.3 Å². The molecule has 7 nitrogen and oxygen atoms in total. The van der Waals surface area contributed by atoms with Gasteiger partial charge in [0.15, 0.2) is 5.17 Å². The number of benzene rings is 2. The van der Waals surface area contributed by atoms with Crippen LogP contribution in [0.5, 0.6) is 0 Å². The molecular formula is C26H30N4O3S. The summed E-state index contributed by atoms with van der Waals surface area (Å²) in [6, 6.07) is 14.9. The van der Waals surface area contributed by atoms with E-state index in [1.165, 1.54) is 12.7 Å². The van der Waals surface area contributed by atoms with Crippen molar-refractivity contribution in [2.24, 2.45) is 4.99 Å². The Morgan fingerprint density at radius 3 is 2.26 bits per heavy atom. The van der Waals surface area contributed by atoms with Crippen molar-refractivity contribution in [1.29, 1.82) is 0 Å². The molecule has 34 heavy (non-hydrogen) atoms. The van der Waals surface area contributed by atoms with Gasteiger partial charge in [-0.25, -0.2) is 14.6 Å². The normalized spacial score (nSPS) is 17.6. The number of carbonyl (C=O) groups is 2. The van der Waals surface area contributed by atoms with Gasteiger partial charge in [-0.05, 0) is 54.7 Å². The summed E-state index contributed by atoms with van der Waals surface area (Å²) in [6.45, 7) is 4.92. The molecule has 0 unspecified atom stereocenters. The van der Waals surface area contributed by atoms with Crippen LogP contribution in [0, 0.1) is 0 Å². The molecule has 0 aliphatic carbocycles. The fraction of sp³-hybridized carbons (Fsp3) is 0.346. The van der Waals surface area contributed by atoms with Crippen LogP contribution in [0.25, 0.3) is 0 Å². The average molecular weight is 479 g/mol. The molecule has 8 heteroatoms. The van der Waals surface area contributed by atoms with Crippen LogP contribution in [0.3, 0.4) is 0 Å². The molecule has 0 aromatic heterocycles. The van der Waals surface area contributed by atoms with Crippen LogP contribution in [0.15, 0.2) is 64.8 Å². The third-order valence-electron chi connectivity index (χ3n) is 5.99. The van der Waals surface area contributed by atoms with E-state index in [2.05, 4.69) is 22.5 Å². The third kappa shape index (κ3) is 5.12. The first kappa shape index (κ1) is 23.9. The van der Waals surface area contributed by atoms with Crippen molar-refractivity contribution < 1.29 is 14.3 Å². The van der Waals surface area contributed by atoms with Crippen LogP contribution in [0.1, 0.15) is 43.9 Å². The van der Waals surface area contributed by atoms with E-state index in [1.54, 1.807) is 11.8 Å². The molecule has 0 bridgehead atoms. The van der Waals surface area contributed by atoms with Gasteiger partial charge in [0.05, 0.1) is 24.4 Å². The van der Waals surface area contributed by atoms with E-state index in [0.29, 0.717) is 17.7 Å². The molecule has 2 aromatic carbocycles. The van der Waals surface area contributed by atoms with Crippen molar-refractivity contribution >= 4 is 40.3 Å². The molecule has 178 valence electrons. The van der Waals surface area contributed by atoms with Crippen LogP contribution in [-0.4, -0.2) is 41.5 Å². The molecule has 2 amide bonds. The molecule has 2 N–H and O–H groups in total. The summed E-state index contributed by atoms with van der Waals surface area (Å²) in [5, 5.41) is 6.68. The van der Waals surface area contributed by atoms with Crippen LogP contribution in [0.2, 0.25) is 0 Å². The topological polar surface area (TPSA) is 83.0 Å². The fourth-order valence-electron chi connectivity index (χ4n) is 4.22. The number of amidine groups is 1. The molecule has 1 atom stereocenters. The lowest BCUT2D eigenvalue weighted by molar-refractivity contribution is -0.136. The number of esters is 1. The van der Waals surface area contributed by atoms with E-state index in [4.69, 9.17) is 9.73 Å². The van der Waals surface area contributed by atoms with Crippen LogP contribution >= 0.6 is 11.8 Å². The molecule has 2 aliphatic rings. The Kier molecular flexibility index (Phi) is 7.57. The van der Waals surface area contributed by atoms with Gasteiger partial charge in [-0.3, -0.25) is 0 Å². The predicted molar refractivity (Wildman–Crippen MR) is 138 cm³/mol. The van der Waals surface area contributed by atoms with E-state index >= 15 is 0 Å². The maximum Gasteiger partial charge on any atom is 0.338 e. The Bertz CT molecular complexity index is 1110. The highest BCUT2D eigenvalue weighted by atomic mass is 32.2. The van der Waals surface area contributed by atoms with E-state index in [9.17, 15) is 9.59 Å². The van der Waals surface area contributed by atoms with Crippen molar-refractivity contribution in [2.75, 3.05) is 30.0 Å². The van der Waals surface area contributed by atoms with Crippen molar-refractivity contribution in [3.05, 3.63) is 70.9 Å². The minimum atomic E-state index is -0.351. The number of carbonyl (C=O) groups excluding carboxylic acids is 2. The summed E-state index contributed by atoms with van der Waals surface area (Å²) in [5.41, 5.74) is 4.95. The highest BCUT2D eigenvalue weighted by Crippen LogP contribution is 2.40. The minimum Gasteiger partial charge on any atom is -0.466 e. The van der Waals surface area contributed by atoms with E-state index in [1.807, 2.05) is 55.5 Å². The minimum absolute atomic E-state index is 0.261. The molecule has 4 rings (SSSR count). The smallest absolute Gasteiger partial charge is 0.338 e. The van der Waals surface area contributed by atoms with E-state index < -0.39 is 0 Å². The number of thioether (sulfide) groups is 1. The van der Waals surface area contributed by atoms with Gasteiger partial charge in [-0.2, -0.15) is 0 Å². The van der Waals surface area contributed by atoms with Crippen molar-refractivity contribution in [1.82, 2.24) is 4.90 Å². The monoisotopic (exact) mass is 478 g/mol. The van der Waals surface area contributed by atoms with Gasteiger partial charge in [0.2, 0.25) is 0 Å². The number of amides is 2. The third-order valence-corrected chi connectivity index (χ3v) is 7.07. The number of hydrogen-bond acceptors (Lipinski definition) is 6. The number of nitrogens with zero attached hydrogens (tertiary/aromatic N) is 2. The zero-order valence-corrected chi connectivity index (χ0v) is 20.6. The second kappa shape index (κ2) is 10.8. The summed E-state index contributed by atoms with van der Waals surface area (Å²) >= 11 is 1.73. The van der Waals surface area contributed by atoms with Crippen molar-refractivity contribution in [3.63, 3.8) is 0 Å². The number of rotatable bonds is 6. The standard InChI is InChI=1S/C26H30N4O3S/c1-4-17-7-11-19(12-8-17)27-25(32)28-20-13-9-18(10-14-20)23-22(24(31)33-3)21(5-2)29-26-30(23)15-6-16-34-26/h7-14,23H,4-6,15-16H2,1-3H3,(H2,27,28,32)/t23-/m1/s1. The molecule has 2 heterocycles. The van der Waals surface area contributed by atoms with Crippen LogP contribution in [-0.2, 0) is 16.0 Å². The molecular weight excluding hydrogens is 448 g/mol. The first-order valence-electron chi connectivity index (χ1n) is 11.6. The highest BCUT2D eigenvalue weighted by Gasteiger charge is 2.38. The molecule has 1 saturated heterocycles. The summed E-state index contributed by atoms with van der Waals surface area (Å²) in [4.78, 5) is 32.2. The van der Waals surface area contributed by atoms with Gasteiger partial charge in [0, 0.05) is 23.7 Å². The second-order valence-electron chi connectivity index (χ2n) is 8.15. The summed E-state index contributed by atoms with van der Waals surface area (Å²) in [6.07, 6.45) is 2.63. The second-order valence-corrected chi connectivity index (χ2v) is 9.21. The number of ether oxygens (including phenoxy) is 1. The quantitative estimate of drug-likeness (QED) is 0.530. The van der Waals surface area contributed by atoms with Crippen molar-refractivity contribution in [3.8, 4) is 0 Å². The molecule has 0 spiro atoms. The first-order valence-corrected chi connectivity index (χ1v) is 12.6. The summed E-state index contributed by atoms with van der Waals surface area (Å²) in [7, 11) is 1.41. The largest absolute Gasteiger partial charge is 0.466 e. The Hall–Kier alpha value is -3.26. The molecule has 2 aliphatic heterocycles. The number of aliphatic imine (C=N–C) groups is 1. The number of urea groups is 1. The van der Waals surface area contributed by atoms with Crippen LogP contribution in [0.4, 0.5) is 16.2 Å². The van der Waals surface area contributed by atoms with Crippen LogP contribution < -0.4 is 10.6 Å². The number of anilines is 2. The number of aryl methyl sites for hydroxylation is 1. The fourth-order valence-corrected chi connectivity index (χ4v) is 5.22. The lowest BCUT2D eigenvalue weighted by Crippen LogP contribution is -2.42. The molecule has 2 aromatic rings. The number of fused-ring (bicyclic) bond motifs is 1. The molecule has 1 fully saturated rings. The summed E-state index contributed by atoms with van der Waals surface area (Å²) < 4.78 is 5.14. The maximum atomic E-state index is 12.8. The number of hydrogen-bond donors (Lipinski definition) is 2. The zero-order chi connectivity index (χ0) is 24.1. The molecule has 0 saturated carbocycles. The average Bonchev–Trinajstić information content (AvgIpc) is 2.88. The Morgan fingerprint density at radius 2 is 1.68 bits per heavy atom. The maximum absolute atomic E-state index is 12.8. The Morgan fingerprint density at radius 1 is 1.03 bits per heavy atom. The Balaban J connectivity index is 1.54. The first-order chi connectivity index (χ1) is 16.5.